The summed E-state index contributed by atoms with van der Waals surface area (Å²) >= 11 is 11.6. The van der Waals surface area contributed by atoms with Crippen LogP contribution in [0.25, 0.3) is 0 Å². The molecule has 6 heteroatoms. The van der Waals surface area contributed by atoms with E-state index in [1.807, 2.05) is 44.2 Å². The third kappa shape index (κ3) is 3.26. The Hall–Kier alpha value is -2.48. The molecule has 1 aliphatic carbocycles. The number of nitrogens with zero attached hydrogens (tertiary/aromatic N) is 1. The average molecular weight is 416 g/mol. The number of carboxylic acids is 1. The van der Waals surface area contributed by atoms with E-state index in [1.165, 1.54) is 6.08 Å². The largest absolute Gasteiger partial charge is 0.481 e. The van der Waals surface area contributed by atoms with Gasteiger partial charge >= 0.3 is 5.97 Å². The van der Waals surface area contributed by atoms with Crippen molar-refractivity contribution >= 4 is 29.2 Å². The molecule has 0 spiro atoms. The van der Waals surface area contributed by atoms with Gasteiger partial charge in [-0.2, -0.15) is 5.26 Å². The molecule has 0 aromatic heterocycles. The zero-order chi connectivity index (χ0) is 20.5. The maximum absolute atomic E-state index is 12.3. The smallest absolute Gasteiger partial charge is 0.312 e. The van der Waals surface area contributed by atoms with Crippen LogP contribution in [0.5, 0.6) is 11.5 Å². The van der Waals surface area contributed by atoms with Crippen LogP contribution >= 0.6 is 23.2 Å². The van der Waals surface area contributed by atoms with Gasteiger partial charge < -0.3 is 9.84 Å². The van der Waals surface area contributed by atoms with E-state index in [9.17, 15) is 15.2 Å². The van der Waals surface area contributed by atoms with Crippen molar-refractivity contribution in [3.63, 3.8) is 0 Å². The van der Waals surface area contributed by atoms with Crippen molar-refractivity contribution in [2.24, 2.45) is 16.7 Å². The zero-order valence-electron chi connectivity index (χ0n) is 15.4. The quantitative estimate of drug-likeness (QED) is 0.615. The average Bonchev–Trinajstić information content (AvgIpc) is 3.12. The predicted molar refractivity (Wildman–Crippen MR) is 108 cm³/mol. The highest BCUT2D eigenvalue weighted by Crippen LogP contribution is 2.75. The summed E-state index contributed by atoms with van der Waals surface area (Å²) in [5.41, 5.74) is -1.44. The van der Waals surface area contributed by atoms with Gasteiger partial charge in [-0.15, -0.1) is 0 Å². The summed E-state index contributed by atoms with van der Waals surface area (Å²) in [6.45, 7) is 3.63. The number of halogens is 2. The molecule has 2 aromatic carbocycles. The molecule has 0 saturated heterocycles. The number of para-hydroxylation sites is 1. The maximum atomic E-state index is 12.3. The van der Waals surface area contributed by atoms with Crippen LogP contribution in [-0.2, 0) is 4.79 Å². The standard InChI is InChI=1S/C22H19Cl2NO3/c1-21(2)18(12-19(23)24)22(21,20(26)27)17(13-25)14-7-6-10-16(11-14)28-15-8-4-3-5-9-15/h3-12,17-18H,1-2H3,(H,26,27)/t17?,18-,22+/m1/s1. The summed E-state index contributed by atoms with van der Waals surface area (Å²) in [5.74, 6) is -1.22. The van der Waals surface area contributed by atoms with E-state index in [2.05, 4.69) is 6.07 Å². The Labute approximate surface area is 174 Å². The number of carboxylic acid groups (broad SMARTS) is 1. The van der Waals surface area contributed by atoms with Crippen LogP contribution in [0, 0.1) is 28.1 Å². The van der Waals surface area contributed by atoms with E-state index >= 15 is 0 Å². The fourth-order valence-corrected chi connectivity index (χ4v) is 4.46. The number of benzene rings is 2. The summed E-state index contributed by atoms with van der Waals surface area (Å²) in [5, 5.41) is 20.0. The minimum Gasteiger partial charge on any atom is -0.481 e. The molecule has 1 aliphatic rings. The highest BCUT2D eigenvalue weighted by atomic mass is 35.5. The number of hydrogen-bond donors (Lipinski definition) is 1. The first-order valence-electron chi connectivity index (χ1n) is 8.73. The van der Waals surface area contributed by atoms with Gasteiger partial charge in [-0.3, -0.25) is 4.79 Å². The summed E-state index contributed by atoms with van der Waals surface area (Å²) in [6, 6.07) is 18.4. The molecule has 144 valence electrons. The lowest BCUT2D eigenvalue weighted by Crippen LogP contribution is -2.28. The molecular weight excluding hydrogens is 397 g/mol. The normalized spacial score (nSPS) is 23.2. The molecule has 4 nitrogen and oxygen atoms in total. The number of hydrogen-bond acceptors (Lipinski definition) is 3. The van der Waals surface area contributed by atoms with E-state index in [1.54, 1.807) is 24.3 Å². The lowest BCUT2D eigenvalue weighted by molar-refractivity contribution is -0.145. The van der Waals surface area contributed by atoms with Crippen molar-refractivity contribution in [3.8, 4) is 17.6 Å². The maximum Gasteiger partial charge on any atom is 0.312 e. The lowest BCUT2D eigenvalue weighted by Gasteiger charge is -2.22. The Morgan fingerprint density at radius 3 is 2.39 bits per heavy atom. The zero-order valence-corrected chi connectivity index (χ0v) is 16.9. The topological polar surface area (TPSA) is 70.3 Å². The fourth-order valence-electron chi connectivity index (χ4n) is 4.21. The number of allylic oxidation sites excluding steroid dienone is 1. The van der Waals surface area contributed by atoms with Gasteiger partial charge in [-0.1, -0.05) is 67.4 Å². The van der Waals surface area contributed by atoms with Crippen LogP contribution in [0.3, 0.4) is 0 Å². The molecule has 28 heavy (non-hydrogen) atoms. The van der Waals surface area contributed by atoms with Gasteiger partial charge in [0.2, 0.25) is 0 Å². The third-order valence-corrected chi connectivity index (χ3v) is 5.90. The number of ether oxygens (including phenoxy) is 1. The summed E-state index contributed by atoms with van der Waals surface area (Å²) < 4.78 is 5.84. The molecule has 0 heterocycles. The van der Waals surface area contributed by atoms with Gasteiger partial charge in [0.05, 0.1) is 12.0 Å². The molecule has 2 aromatic rings. The van der Waals surface area contributed by atoms with E-state index in [-0.39, 0.29) is 4.49 Å². The molecule has 1 saturated carbocycles. The molecule has 3 rings (SSSR count). The highest BCUT2D eigenvalue weighted by molar-refractivity contribution is 6.55. The molecule has 0 bridgehead atoms. The van der Waals surface area contributed by atoms with E-state index in [0.29, 0.717) is 17.1 Å². The fraction of sp³-hybridized carbons (Fsp3) is 0.273. The highest BCUT2D eigenvalue weighted by Gasteiger charge is 2.78. The van der Waals surface area contributed by atoms with Gasteiger partial charge in [0.1, 0.15) is 21.4 Å². The van der Waals surface area contributed by atoms with Crippen LogP contribution < -0.4 is 4.74 Å². The molecule has 0 radical (unpaired) electrons. The Morgan fingerprint density at radius 1 is 1.18 bits per heavy atom. The minimum atomic E-state index is -1.33. The summed E-state index contributed by atoms with van der Waals surface area (Å²) in [7, 11) is 0. The van der Waals surface area contributed by atoms with Crippen LogP contribution in [0.15, 0.2) is 65.2 Å². The van der Waals surface area contributed by atoms with Crippen LogP contribution in [0.1, 0.15) is 25.3 Å². The van der Waals surface area contributed by atoms with Crippen molar-refractivity contribution in [2.75, 3.05) is 0 Å². The number of carbonyl (C=O) groups is 1. The van der Waals surface area contributed by atoms with E-state index in [4.69, 9.17) is 27.9 Å². The van der Waals surface area contributed by atoms with Crippen molar-refractivity contribution in [2.45, 2.75) is 19.8 Å². The molecule has 1 fully saturated rings. The van der Waals surface area contributed by atoms with Crippen LogP contribution in [0.2, 0.25) is 0 Å². The second kappa shape index (κ2) is 7.50. The molecule has 0 amide bonds. The first kappa shape index (κ1) is 20.3. The summed E-state index contributed by atoms with van der Waals surface area (Å²) in [4.78, 5) is 12.3. The van der Waals surface area contributed by atoms with E-state index in [0.717, 1.165) is 0 Å². The molecule has 1 N–H and O–H groups in total. The van der Waals surface area contributed by atoms with Crippen molar-refractivity contribution in [1.82, 2.24) is 0 Å². The molecule has 3 atom stereocenters. The van der Waals surface area contributed by atoms with Crippen molar-refractivity contribution in [3.05, 3.63) is 70.7 Å². The predicted octanol–water partition coefficient (Wildman–Crippen LogP) is 6.13. The summed E-state index contributed by atoms with van der Waals surface area (Å²) in [6.07, 6.45) is 1.52. The third-order valence-electron chi connectivity index (χ3n) is 5.65. The Balaban J connectivity index is 2.01. The number of nitriles is 1. The van der Waals surface area contributed by atoms with Crippen molar-refractivity contribution < 1.29 is 14.6 Å². The Kier molecular flexibility index (Phi) is 5.43. The molecular formula is C22H19Cl2NO3. The Bertz CT molecular complexity index is 961. The first-order valence-corrected chi connectivity index (χ1v) is 9.49. The SMILES string of the molecule is CC1(C)[C@@H](C=C(Cl)Cl)[C@]1(C(=O)O)C(C#N)c1cccc(Oc2ccccc2)c1. The van der Waals surface area contributed by atoms with Crippen molar-refractivity contribution in [1.29, 1.82) is 5.26 Å². The lowest BCUT2D eigenvalue weighted by atomic mass is 9.78. The first-order chi connectivity index (χ1) is 13.2. The Morgan fingerprint density at radius 2 is 1.82 bits per heavy atom. The van der Waals surface area contributed by atoms with Crippen LogP contribution in [0.4, 0.5) is 0 Å². The van der Waals surface area contributed by atoms with Gasteiger partial charge in [-0.25, -0.2) is 0 Å². The molecule has 1 unspecified atom stereocenters. The van der Waals surface area contributed by atoms with E-state index < -0.39 is 28.6 Å². The van der Waals surface area contributed by atoms with Gasteiger partial charge in [-0.05, 0) is 41.3 Å². The minimum absolute atomic E-state index is 0.000878. The van der Waals surface area contributed by atoms with Gasteiger partial charge in [0.25, 0.3) is 0 Å². The van der Waals surface area contributed by atoms with Gasteiger partial charge in [0.15, 0.2) is 0 Å². The number of aliphatic carboxylic acids is 1. The number of rotatable bonds is 6. The molecule has 0 aliphatic heterocycles. The monoisotopic (exact) mass is 415 g/mol. The second-order valence-electron chi connectivity index (χ2n) is 7.38. The van der Waals surface area contributed by atoms with Gasteiger partial charge in [0, 0.05) is 5.92 Å². The van der Waals surface area contributed by atoms with Crippen LogP contribution in [-0.4, -0.2) is 11.1 Å². The second-order valence-corrected chi connectivity index (χ2v) is 8.39.